The van der Waals surface area contributed by atoms with E-state index in [1.54, 1.807) is 26.0 Å². The minimum absolute atomic E-state index is 0.00143. The van der Waals surface area contributed by atoms with Crippen LogP contribution in [0.5, 0.6) is 5.75 Å². The van der Waals surface area contributed by atoms with Gasteiger partial charge in [-0.05, 0) is 43.0 Å². The van der Waals surface area contributed by atoms with E-state index in [1.807, 2.05) is 0 Å². The van der Waals surface area contributed by atoms with Crippen molar-refractivity contribution in [1.29, 1.82) is 0 Å². The van der Waals surface area contributed by atoms with E-state index in [0.29, 0.717) is 18.5 Å². The van der Waals surface area contributed by atoms with Crippen LogP contribution in [0.15, 0.2) is 24.3 Å². The first-order valence-electron chi connectivity index (χ1n) is 10.9. The number of benzene rings is 1. The van der Waals surface area contributed by atoms with E-state index in [1.165, 1.54) is 12.1 Å². The van der Waals surface area contributed by atoms with Gasteiger partial charge in [0.05, 0.1) is 12.6 Å². The zero-order chi connectivity index (χ0) is 24.5. The first-order chi connectivity index (χ1) is 15.6. The number of aliphatic carboxylic acids is 1. The summed E-state index contributed by atoms with van der Waals surface area (Å²) in [5, 5.41) is 38.9. The molecule has 1 fully saturated rings. The molecule has 11 nitrogen and oxygen atoms in total. The van der Waals surface area contributed by atoms with Gasteiger partial charge >= 0.3 is 5.97 Å². The molecule has 0 unspecified atom stereocenters. The summed E-state index contributed by atoms with van der Waals surface area (Å²) in [4.78, 5) is 49.5. The van der Waals surface area contributed by atoms with E-state index in [2.05, 4.69) is 21.3 Å². The minimum Gasteiger partial charge on any atom is -0.508 e. The van der Waals surface area contributed by atoms with Crippen LogP contribution in [-0.4, -0.2) is 76.3 Å². The highest BCUT2D eigenvalue weighted by molar-refractivity contribution is 5.94. The number of hydrogen-bond donors (Lipinski definition) is 7. The van der Waals surface area contributed by atoms with Crippen molar-refractivity contribution in [2.24, 2.45) is 5.92 Å². The highest BCUT2D eigenvalue weighted by atomic mass is 16.4. The smallest absolute Gasteiger partial charge is 0.326 e. The molecule has 2 rings (SSSR count). The van der Waals surface area contributed by atoms with Crippen molar-refractivity contribution in [3.63, 3.8) is 0 Å². The number of aliphatic hydroxyl groups is 1. The summed E-state index contributed by atoms with van der Waals surface area (Å²) in [6.07, 6.45) is 1.44. The number of hydrogen-bond acceptors (Lipinski definition) is 7. The van der Waals surface area contributed by atoms with Crippen molar-refractivity contribution in [2.75, 3.05) is 13.2 Å². The summed E-state index contributed by atoms with van der Waals surface area (Å²) in [6.45, 7) is 3.28. The Bertz CT molecular complexity index is 838. The fourth-order valence-electron chi connectivity index (χ4n) is 3.49. The van der Waals surface area contributed by atoms with Gasteiger partial charge < -0.3 is 36.6 Å². The molecule has 3 amide bonds. The van der Waals surface area contributed by atoms with Crippen molar-refractivity contribution in [1.82, 2.24) is 21.3 Å². The summed E-state index contributed by atoms with van der Waals surface area (Å²) in [5.41, 5.74) is 0.601. The van der Waals surface area contributed by atoms with Crippen LogP contribution >= 0.6 is 0 Å². The van der Waals surface area contributed by atoms with Crippen LogP contribution < -0.4 is 21.3 Å². The lowest BCUT2D eigenvalue weighted by atomic mass is 10.0. The molecule has 1 heterocycles. The first-order valence-corrected chi connectivity index (χ1v) is 10.9. The molecule has 1 aliphatic heterocycles. The number of aliphatic hydroxyl groups excluding tert-OH is 1. The van der Waals surface area contributed by atoms with Gasteiger partial charge in [-0.2, -0.15) is 0 Å². The summed E-state index contributed by atoms with van der Waals surface area (Å²) in [6, 6.07) is 1.89. The molecule has 0 saturated carbocycles. The van der Waals surface area contributed by atoms with Crippen LogP contribution in [0.3, 0.4) is 0 Å². The Kier molecular flexibility index (Phi) is 9.61. The fourth-order valence-corrected chi connectivity index (χ4v) is 3.49. The lowest BCUT2D eigenvalue weighted by Crippen LogP contribution is -2.58. The molecule has 1 saturated heterocycles. The zero-order valence-electron chi connectivity index (χ0n) is 18.7. The molecule has 0 aromatic heterocycles. The van der Waals surface area contributed by atoms with Crippen molar-refractivity contribution >= 4 is 23.7 Å². The fraction of sp³-hybridized carbons (Fsp3) is 0.545. The molecule has 1 aliphatic rings. The Balaban J connectivity index is 2.15. The van der Waals surface area contributed by atoms with Crippen molar-refractivity contribution < 1.29 is 34.5 Å². The molecule has 1 aromatic rings. The molecule has 4 atom stereocenters. The maximum atomic E-state index is 12.9. The van der Waals surface area contributed by atoms with Gasteiger partial charge in [0.25, 0.3) is 0 Å². The van der Waals surface area contributed by atoms with Gasteiger partial charge in [0, 0.05) is 6.42 Å². The number of nitrogens with one attached hydrogen (secondary N) is 4. The Morgan fingerprint density at radius 1 is 1.03 bits per heavy atom. The number of carboxylic acid groups (broad SMARTS) is 1. The SMILES string of the molecule is CC(C)[C@H](NC(=O)[C@H](Cc1ccc(O)cc1)NC(=O)[C@H](CO)NC(=O)[C@@H]1CCCN1)C(=O)O. The van der Waals surface area contributed by atoms with E-state index in [4.69, 9.17) is 0 Å². The van der Waals surface area contributed by atoms with Crippen LogP contribution in [0.1, 0.15) is 32.3 Å². The number of carboxylic acids is 1. The van der Waals surface area contributed by atoms with Crippen molar-refractivity contribution in [3.8, 4) is 5.75 Å². The van der Waals surface area contributed by atoms with Gasteiger partial charge in [0.2, 0.25) is 17.7 Å². The van der Waals surface area contributed by atoms with E-state index in [9.17, 15) is 34.5 Å². The average molecular weight is 465 g/mol. The van der Waals surface area contributed by atoms with E-state index in [-0.39, 0.29) is 12.2 Å². The predicted octanol–water partition coefficient (Wildman–Crippen LogP) is -1.13. The second-order valence-electron chi connectivity index (χ2n) is 8.39. The lowest BCUT2D eigenvalue weighted by molar-refractivity contribution is -0.143. The molecular weight excluding hydrogens is 432 g/mol. The normalized spacial score (nSPS) is 18.2. The van der Waals surface area contributed by atoms with Crippen LogP contribution in [0, 0.1) is 5.92 Å². The molecule has 33 heavy (non-hydrogen) atoms. The van der Waals surface area contributed by atoms with Gasteiger partial charge in [-0.1, -0.05) is 26.0 Å². The number of amides is 3. The van der Waals surface area contributed by atoms with Gasteiger partial charge in [0.15, 0.2) is 0 Å². The van der Waals surface area contributed by atoms with Gasteiger partial charge in [-0.15, -0.1) is 0 Å². The monoisotopic (exact) mass is 464 g/mol. The third-order valence-corrected chi connectivity index (χ3v) is 5.43. The summed E-state index contributed by atoms with van der Waals surface area (Å²) in [5.74, 6) is -3.51. The lowest BCUT2D eigenvalue weighted by Gasteiger charge is -2.25. The highest BCUT2D eigenvalue weighted by Crippen LogP contribution is 2.12. The predicted molar refractivity (Wildman–Crippen MR) is 118 cm³/mol. The molecule has 7 N–H and O–H groups in total. The Morgan fingerprint density at radius 3 is 2.18 bits per heavy atom. The second-order valence-corrected chi connectivity index (χ2v) is 8.39. The maximum Gasteiger partial charge on any atom is 0.326 e. The molecule has 11 heteroatoms. The van der Waals surface area contributed by atoms with Crippen molar-refractivity contribution in [2.45, 2.75) is 57.3 Å². The summed E-state index contributed by atoms with van der Waals surface area (Å²) >= 11 is 0. The largest absolute Gasteiger partial charge is 0.508 e. The molecule has 1 aromatic carbocycles. The van der Waals surface area contributed by atoms with E-state index >= 15 is 0 Å². The quantitative estimate of drug-likeness (QED) is 0.215. The highest BCUT2D eigenvalue weighted by Gasteiger charge is 2.32. The molecular formula is C22H32N4O7. The Morgan fingerprint density at radius 2 is 1.67 bits per heavy atom. The third kappa shape index (κ3) is 7.72. The Labute approximate surface area is 191 Å². The van der Waals surface area contributed by atoms with Crippen molar-refractivity contribution in [3.05, 3.63) is 29.8 Å². The van der Waals surface area contributed by atoms with Crippen LogP contribution in [0.4, 0.5) is 0 Å². The van der Waals surface area contributed by atoms with Gasteiger partial charge in [-0.25, -0.2) is 4.79 Å². The van der Waals surface area contributed by atoms with E-state index < -0.39 is 60.4 Å². The number of carbonyl (C=O) groups is 4. The number of phenolic OH excluding ortho intramolecular Hbond substituents is 1. The zero-order valence-corrected chi connectivity index (χ0v) is 18.7. The Hall–Kier alpha value is -3.18. The number of rotatable bonds is 11. The third-order valence-electron chi connectivity index (χ3n) is 5.43. The molecule has 0 aliphatic carbocycles. The molecule has 0 spiro atoms. The summed E-state index contributed by atoms with van der Waals surface area (Å²) in [7, 11) is 0. The standard InChI is InChI=1S/C22H32N4O7/c1-12(2)18(22(32)33)26-20(30)16(10-13-5-7-14(28)8-6-13)24-21(31)17(11-27)25-19(29)15-4-3-9-23-15/h5-8,12,15-18,23,27-28H,3-4,9-11H2,1-2H3,(H,24,31)(H,25,29)(H,26,30)(H,32,33)/t15-,16-,17-,18-/m0/s1. The molecule has 0 bridgehead atoms. The average Bonchev–Trinajstić information content (AvgIpc) is 3.31. The van der Waals surface area contributed by atoms with E-state index in [0.717, 1.165) is 6.42 Å². The summed E-state index contributed by atoms with van der Waals surface area (Å²) < 4.78 is 0. The van der Waals surface area contributed by atoms with Gasteiger partial charge in [0.1, 0.15) is 23.9 Å². The van der Waals surface area contributed by atoms with Crippen LogP contribution in [0.25, 0.3) is 0 Å². The maximum absolute atomic E-state index is 12.9. The topological polar surface area (TPSA) is 177 Å². The second kappa shape index (κ2) is 12.2. The molecule has 182 valence electrons. The number of aromatic hydroxyl groups is 1. The first kappa shape index (κ1) is 26.1. The molecule has 0 radical (unpaired) electrons. The van der Waals surface area contributed by atoms with Crippen LogP contribution in [-0.2, 0) is 25.6 Å². The number of phenols is 1. The minimum atomic E-state index is -1.28. The number of carbonyl (C=O) groups excluding carboxylic acids is 3. The van der Waals surface area contributed by atoms with Crippen LogP contribution in [0.2, 0.25) is 0 Å². The van der Waals surface area contributed by atoms with Gasteiger partial charge in [-0.3, -0.25) is 14.4 Å².